The summed E-state index contributed by atoms with van der Waals surface area (Å²) in [6.45, 7) is 2.65. The first-order chi connectivity index (χ1) is 10.3. The molecule has 0 unspecified atom stereocenters. The lowest BCUT2D eigenvalue weighted by Crippen LogP contribution is -2.29. The van der Waals surface area contributed by atoms with Crippen molar-refractivity contribution in [1.82, 2.24) is 10.3 Å². The summed E-state index contributed by atoms with van der Waals surface area (Å²) >= 11 is 1.72. The highest BCUT2D eigenvalue weighted by molar-refractivity contribution is 7.09. The van der Waals surface area contributed by atoms with Gasteiger partial charge in [0.05, 0.1) is 5.56 Å². The monoisotopic (exact) mass is 301 g/mol. The standard InChI is InChI=1S/C16H19N3OS/c20-16(18-9-7-13-5-4-12-21-13)14-6-3-8-17-15(14)19-10-1-2-11-19/h3-6,8,12H,1-2,7,9-11H2,(H,18,20). The molecule has 0 spiro atoms. The van der Waals surface area contributed by atoms with Crippen LogP contribution in [0.15, 0.2) is 35.8 Å². The van der Waals surface area contributed by atoms with Crippen molar-refractivity contribution in [3.05, 3.63) is 46.3 Å². The van der Waals surface area contributed by atoms with Crippen molar-refractivity contribution >= 4 is 23.1 Å². The second kappa shape index (κ2) is 6.72. The van der Waals surface area contributed by atoms with Crippen LogP contribution in [-0.4, -0.2) is 30.5 Å². The Labute approximate surface area is 128 Å². The van der Waals surface area contributed by atoms with Crippen molar-refractivity contribution in [1.29, 1.82) is 0 Å². The van der Waals surface area contributed by atoms with Gasteiger partial charge >= 0.3 is 0 Å². The van der Waals surface area contributed by atoms with Gasteiger partial charge in [-0.05, 0) is 42.8 Å². The van der Waals surface area contributed by atoms with E-state index >= 15 is 0 Å². The highest BCUT2D eigenvalue weighted by atomic mass is 32.1. The lowest BCUT2D eigenvalue weighted by Gasteiger charge is -2.19. The van der Waals surface area contributed by atoms with Gasteiger partial charge in [-0.15, -0.1) is 11.3 Å². The van der Waals surface area contributed by atoms with Crippen LogP contribution in [0.1, 0.15) is 28.1 Å². The number of carbonyl (C=O) groups is 1. The number of rotatable bonds is 5. The van der Waals surface area contributed by atoms with Crippen LogP contribution in [0.25, 0.3) is 0 Å². The van der Waals surface area contributed by atoms with Crippen LogP contribution in [0.3, 0.4) is 0 Å². The smallest absolute Gasteiger partial charge is 0.255 e. The Kier molecular flexibility index (Phi) is 4.50. The third kappa shape index (κ3) is 3.42. The number of nitrogens with one attached hydrogen (secondary N) is 1. The summed E-state index contributed by atoms with van der Waals surface area (Å²) in [5, 5.41) is 5.06. The van der Waals surface area contributed by atoms with E-state index in [1.807, 2.05) is 18.2 Å². The van der Waals surface area contributed by atoms with Crippen LogP contribution in [0, 0.1) is 0 Å². The van der Waals surface area contributed by atoms with E-state index in [9.17, 15) is 4.79 Å². The molecule has 1 fully saturated rings. The highest BCUT2D eigenvalue weighted by Gasteiger charge is 2.20. The molecule has 0 aliphatic carbocycles. The number of carbonyl (C=O) groups excluding carboxylic acids is 1. The van der Waals surface area contributed by atoms with Gasteiger partial charge in [0.2, 0.25) is 0 Å². The van der Waals surface area contributed by atoms with Crippen molar-refractivity contribution in [2.75, 3.05) is 24.5 Å². The fraction of sp³-hybridized carbons (Fsp3) is 0.375. The van der Waals surface area contributed by atoms with Gasteiger partial charge < -0.3 is 10.2 Å². The number of thiophene rings is 1. The summed E-state index contributed by atoms with van der Waals surface area (Å²) in [7, 11) is 0. The second-order valence-electron chi connectivity index (χ2n) is 5.15. The molecule has 2 aromatic rings. The maximum atomic E-state index is 12.4. The fourth-order valence-electron chi connectivity index (χ4n) is 2.60. The zero-order chi connectivity index (χ0) is 14.5. The minimum Gasteiger partial charge on any atom is -0.356 e. The van der Waals surface area contributed by atoms with E-state index < -0.39 is 0 Å². The van der Waals surface area contributed by atoms with Crippen LogP contribution in [0.2, 0.25) is 0 Å². The Morgan fingerprint density at radius 2 is 2.14 bits per heavy atom. The van der Waals surface area contributed by atoms with E-state index in [1.54, 1.807) is 17.5 Å². The third-order valence-corrected chi connectivity index (χ3v) is 4.61. The Morgan fingerprint density at radius 1 is 1.29 bits per heavy atom. The molecule has 21 heavy (non-hydrogen) atoms. The summed E-state index contributed by atoms with van der Waals surface area (Å²) in [6, 6.07) is 7.82. The average Bonchev–Trinajstić information content (AvgIpc) is 3.20. The quantitative estimate of drug-likeness (QED) is 0.923. The maximum absolute atomic E-state index is 12.4. The summed E-state index contributed by atoms with van der Waals surface area (Å²) in [4.78, 5) is 20.3. The molecule has 1 aliphatic heterocycles. The number of hydrogen-bond acceptors (Lipinski definition) is 4. The molecule has 1 aliphatic rings. The molecule has 0 atom stereocenters. The Hall–Kier alpha value is -1.88. The first-order valence-corrected chi connectivity index (χ1v) is 8.23. The van der Waals surface area contributed by atoms with Crippen molar-refractivity contribution in [2.24, 2.45) is 0 Å². The summed E-state index contributed by atoms with van der Waals surface area (Å²) in [5.74, 6) is 0.796. The average molecular weight is 301 g/mol. The Balaban J connectivity index is 1.63. The number of anilines is 1. The zero-order valence-electron chi connectivity index (χ0n) is 11.9. The summed E-state index contributed by atoms with van der Waals surface area (Å²) < 4.78 is 0. The van der Waals surface area contributed by atoms with E-state index in [2.05, 4.69) is 26.6 Å². The maximum Gasteiger partial charge on any atom is 0.255 e. The molecular formula is C16H19N3OS. The van der Waals surface area contributed by atoms with Crippen LogP contribution >= 0.6 is 11.3 Å². The van der Waals surface area contributed by atoms with Gasteiger partial charge in [0, 0.05) is 30.7 Å². The summed E-state index contributed by atoms with van der Waals surface area (Å²) in [5.41, 5.74) is 0.686. The van der Waals surface area contributed by atoms with E-state index in [4.69, 9.17) is 0 Å². The van der Waals surface area contributed by atoms with Crippen LogP contribution in [-0.2, 0) is 6.42 Å². The second-order valence-corrected chi connectivity index (χ2v) is 6.19. The van der Waals surface area contributed by atoms with Crippen molar-refractivity contribution in [3.63, 3.8) is 0 Å². The molecule has 3 heterocycles. The number of aromatic nitrogens is 1. The van der Waals surface area contributed by atoms with Gasteiger partial charge in [-0.2, -0.15) is 0 Å². The van der Waals surface area contributed by atoms with Crippen molar-refractivity contribution in [2.45, 2.75) is 19.3 Å². The van der Waals surface area contributed by atoms with Crippen LogP contribution in [0.4, 0.5) is 5.82 Å². The summed E-state index contributed by atoms with van der Waals surface area (Å²) in [6.07, 6.45) is 4.99. The van der Waals surface area contributed by atoms with Crippen molar-refractivity contribution in [3.8, 4) is 0 Å². The number of hydrogen-bond donors (Lipinski definition) is 1. The van der Waals surface area contributed by atoms with E-state index in [0.717, 1.165) is 25.3 Å². The van der Waals surface area contributed by atoms with Gasteiger partial charge in [-0.3, -0.25) is 4.79 Å². The first-order valence-electron chi connectivity index (χ1n) is 7.35. The molecule has 5 heteroatoms. The number of pyridine rings is 1. The minimum atomic E-state index is -0.0263. The van der Waals surface area contributed by atoms with Gasteiger partial charge in [0.15, 0.2) is 0 Å². The Morgan fingerprint density at radius 3 is 2.90 bits per heavy atom. The van der Waals surface area contributed by atoms with Gasteiger partial charge in [0.1, 0.15) is 5.82 Å². The Bertz CT molecular complexity index is 591. The molecule has 4 nitrogen and oxygen atoms in total. The first kappa shape index (κ1) is 14.1. The molecule has 0 bridgehead atoms. The van der Waals surface area contributed by atoms with E-state index in [1.165, 1.54) is 17.7 Å². The van der Waals surface area contributed by atoms with Gasteiger partial charge in [-0.1, -0.05) is 6.07 Å². The van der Waals surface area contributed by atoms with Crippen LogP contribution in [0.5, 0.6) is 0 Å². The molecule has 0 aromatic carbocycles. The molecule has 0 saturated carbocycles. The molecular weight excluding hydrogens is 282 g/mol. The molecule has 0 radical (unpaired) electrons. The lowest BCUT2D eigenvalue weighted by atomic mass is 10.2. The lowest BCUT2D eigenvalue weighted by molar-refractivity contribution is 0.0954. The van der Waals surface area contributed by atoms with Crippen molar-refractivity contribution < 1.29 is 4.79 Å². The fourth-order valence-corrected chi connectivity index (χ4v) is 3.31. The molecule has 3 rings (SSSR count). The minimum absolute atomic E-state index is 0.0263. The molecule has 1 saturated heterocycles. The van der Waals surface area contributed by atoms with E-state index in [0.29, 0.717) is 12.1 Å². The highest BCUT2D eigenvalue weighted by Crippen LogP contribution is 2.21. The topological polar surface area (TPSA) is 45.2 Å². The predicted octanol–water partition coefficient (Wildman–Crippen LogP) is 2.72. The normalized spacial score (nSPS) is 14.4. The van der Waals surface area contributed by atoms with Crippen LogP contribution < -0.4 is 10.2 Å². The number of amides is 1. The predicted molar refractivity (Wildman–Crippen MR) is 86.0 cm³/mol. The third-order valence-electron chi connectivity index (χ3n) is 3.67. The molecule has 2 aromatic heterocycles. The SMILES string of the molecule is O=C(NCCc1cccs1)c1cccnc1N1CCCC1. The largest absolute Gasteiger partial charge is 0.356 e. The molecule has 1 N–H and O–H groups in total. The van der Waals surface area contributed by atoms with Gasteiger partial charge in [0.25, 0.3) is 5.91 Å². The zero-order valence-corrected chi connectivity index (χ0v) is 12.7. The van der Waals surface area contributed by atoms with E-state index in [-0.39, 0.29) is 5.91 Å². The van der Waals surface area contributed by atoms with Gasteiger partial charge in [-0.25, -0.2) is 4.98 Å². The molecule has 1 amide bonds. The molecule has 110 valence electrons. The number of nitrogens with zero attached hydrogens (tertiary/aromatic N) is 2.